The predicted octanol–water partition coefficient (Wildman–Crippen LogP) is 2.04. The van der Waals surface area contributed by atoms with Gasteiger partial charge in [0, 0.05) is 11.6 Å². The highest BCUT2D eigenvalue weighted by Gasteiger charge is 2.12. The highest BCUT2D eigenvalue weighted by Crippen LogP contribution is 2.22. The topological polar surface area (TPSA) is 63.3 Å². The van der Waals surface area contributed by atoms with Gasteiger partial charge in [-0.2, -0.15) is 0 Å². The molecular weight excluding hydrogens is 182 g/mol. The Morgan fingerprint density at radius 1 is 1.29 bits per heavy atom. The van der Waals surface area contributed by atoms with Crippen molar-refractivity contribution in [2.45, 2.75) is 0 Å². The molecule has 4 nitrogen and oxygen atoms in total. The molecule has 0 atom stereocenters. The number of aromatic nitrogens is 1. The van der Waals surface area contributed by atoms with Crippen molar-refractivity contribution in [2.75, 3.05) is 0 Å². The van der Waals surface area contributed by atoms with Crippen LogP contribution in [-0.2, 0) is 0 Å². The van der Waals surface area contributed by atoms with Crippen LogP contribution in [0.5, 0.6) is 0 Å². The summed E-state index contributed by atoms with van der Waals surface area (Å²) in [5.74, 6) is -0.514. The average molecular weight is 189 g/mol. The number of carboxylic acids is 1. The van der Waals surface area contributed by atoms with Crippen molar-refractivity contribution in [2.24, 2.45) is 0 Å². The number of carboxylic acid groups (broad SMARTS) is 1. The molecule has 14 heavy (non-hydrogen) atoms. The number of hydrogen-bond donors (Lipinski definition) is 1. The molecule has 0 saturated heterocycles. The van der Waals surface area contributed by atoms with Crippen LogP contribution in [0.1, 0.15) is 10.4 Å². The molecule has 1 aromatic carbocycles. The molecule has 1 N–H and O–H groups in total. The van der Waals surface area contributed by atoms with E-state index >= 15 is 0 Å². The molecule has 0 spiro atoms. The number of aromatic carboxylic acids is 1. The van der Waals surface area contributed by atoms with Crippen LogP contribution in [0.3, 0.4) is 0 Å². The van der Waals surface area contributed by atoms with Crippen LogP contribution in [0.2, 0.25) is 0 Å². The van der Waals surface area contributed by atoms with Gasteiger partial charge in [0.05, 0.1) is 11.8 Å². The Morgan fingerprint density at radius 3 is 2.71 bits per heavy atom. The number of hydrogen-bond acceptors (Lipinski definition) is 3. The van der Waals surface area contributed by atoms with E-state index in [1.165, 1.54) is 12.3 Å². The van der Waals surface area contributed by atoms with E-state index < -0.39 is 5.97 Å². The van der Waals surface area contributed by atoms with Gasteiger partial charge >= 0.3 is 5.97 Å². The minimum Gasteiger partial charge on any atom is -0.478 e. The molecule has 2 rings (SSSR count). The Morgan fingerprint density at radius 2 is 2.07 bits per heavy atom. The lowest BCUT2D eigenvalue weighted by Gasteiger charge is -2.00. The zero-order valence-corrected chi connectivity index (χ0v) is 7.18. The first kappa shape index (κ1) is 8.50. The Balaban J connectivity index is 2.58. The van der Waals surface area contributed by atoms with Gasteiger partial charge in [0.15, 0.2) is 5.76 Å². The van der Waals surface area contributed by atoms with Gasteiger partial charge in [-0.3, -0.25) is 0 Å². The Hall–Kier alpha value is -2.10. The Kier molecular flexibility index (Phi) is 2.02. The maximum Gasteiger partial charge on any atom is 0.336 e. The molecule has 1 aromatic heterocycles. The van der Waals surface area contributed by atoms with Crippen LogP contribution in [0, 0.1) is 0 Å². The number of rotatable bonds is 2. The van der Waals surface area contributed by atoms with Crippen LogP contribution in [0.15, 0.2) is 41.1 Å². The van der Waals surface area contributed by atoms with E-state index in [1.807, 2.05) is 0 Å². The second kappa shape index (κ2) is 3.33. The van der Waals surface area contributed by atoms with Gasteiger partial charge in [-0.15, -0.1) is 0 Å². The average Bonchev–Trinajstić information content (AvgIpc) is 2.70. The van der Waals surface area contributed by atoms with Crippen LogP contribution >= 0.6 is 0 Å². The maximum absolute atomic E-state index is 10.9. The molecule has 0 aliphatic rings. The maximum atomic E-state index is 10.9. The van der Waals surface area contributed by atoms with E-state index in [0.717, 1.165) is 0 Å². The van der Waals surface area contributed by atoms with Crippen molar-refractivity contribution in [3.8, 4) is 11.3 Å². The number of nitrogens with zero attached hydrogens (tertiary/aromatic N) is 1. The van der Waals surface area contributed by atoms with Crippen molar-refractivity contribution in [3.63, 3.8) is 0 Å². The summed E-state index contributed by atoms with van der Waals surface area (Å²) >= 11 is 0. The lowest BCUT2D eigenvalue weighted by atomic mass is 10.1. The van der Waals surface area contributed by atoms with E-state index in [2.05, 4.69) is 5.16 Å². The van der Waals surface area contributed by atoms with Crippen molar-refractivity contribution in [3.05, 3.63) is 42.1 Å². The predicted molar refractivity (Wildman–Crippen MR) is 48.9 cm³/mol. The standard InChI is InChI=1S/C10H7NO3/c12-10(13)8-4-2-1-3-7(8)9-5-6-11-14-9/h1-6H,(H,12,13). The molecule has 1 heterocycles. The van der Waals surface area contributed by atoms with Gasteiger partial charge in [-0.05, 0) is 6.07 Å². The first-order chi connectivity index (χ1) is 6.79. The van der Waals surface area contributed by atoms with Gasteiger partial charge in [0.1, 0.15) is 0 Å². The van der Waals surface area contributed by atoms with Gasteiger partial charge in [-0.1, -0.05) is 23.4 Å². The van der Waals surface area contributed by atoms with Crippen molar-refractivity contribution in [1.82, 2.24) is 5.16 Å². The zero-order valence-electron chi connectivity index (χ0n) is 7.18. The fourth-order valence-corrected chi connectivity index (χ4v) is 1.24. The fourth-order valence-electron chi connectivity index (χ4n) is 1.24. The summed E-state index contributed by atoms with van der Waals surface area (Å²) in [6.07, 6.45) is 1.48. The van der Waals surface area contributed by atoms with Gasteiger partial charge < -0.3 is 9.63 Å². The molecule has 0 aliphatic heterocycles. The van der Waals surface area contributed by atoms with Crippen LogP contribution < -0.4 is 0 Å². The normalized spacial score (nSPS) is 10.0. The second-order valence-corrected chi connectivity index (χ2v) is 2.73. The van der Waals surface area contributed by atoms with E-state index in [9.17, 15) is 4.79 Å². The number of carbonyl (C=O) groups is 1. The largest absolute Gasteiger partial charge is 0.478 e. The monoisotopic (exact) mass is 189 g/mol. The molecule has 0 saturated carbocycles. The second-order valence-electron chi connectivity index (χ2n) is 2.73. The first-order valence-corrected chi connectivity index (χ1v) is 4.02. The van der Waals surface area contributed by atoms with E-state index in [0.29, 0.717) is 11.3 Å². The lowest BCUT2D eigenvalue weighted by molar-refractivity contribution is 0.0697. The highest BCUT2D eigenvalue weighted by atomic mass is 16.5. The minimum absolute atomic E-state index is 0.212. The van der Waals surface area contributed by atoms with E-state index in [4.69, 9.17) is 9.63 Å². The first-order valence-electron chi connectivity index (χ1n) is 4.02. The number of benzene rings is 1. The third kappa shape index (κ3) is 1.37. The Labute approximate surface area is 79.8 Å². The summed E-state index contributed by atoms with van der Waals surface area (Å²) < 4.78 is 4.90. The summed E-state index contributed by atoms with van der Waals surface area (Å²) in [5, 5.41) is 12.4. The molecule has 4 heteroatoms. The van der Waals surface area contributed by atoms with Crippen molar-refractivity contribution >= 4 is 5.97 Å². The SMILES string of the molecule is O=C(O)c1ccccc1-c1ccno1. The molecule has 70 valence electrons. The summed E-state index contributed by atoms with van der Waals surface area (Å²) in [6.45, 7) is 0. The molecule has 0 aliphatic carbocycles. The minimum atomic E-state index is -0.975. The molecule has 0 amide bonds. The van der Waals surface area contributed by atoms with Crippen LogP contribution in [0.25, 0.3) is 11.3 Å². The molecule has 2 aromatic rings. The summed E-state index contributed by atoms with van der Waals surface area (Å²) in [5.41, 5.74) is 0.752. The van der Waals surface area contributed by atoms with Gasteiger partial charge in [0.25, 0.3) is 0 Å². The molecular formula is C10H7NO3. The summed E-state index contributed by atoms with van der Waals surface area (Å²) in [4.78, 5) is 10.9. The van der Waals surface area contributed by atoms with E-state index in [1.54, 1.807) is 24.3 Å². The highest BCUT2D eigenvalue weighted by molar-refractivity contribution is 5.95. The smallest absolute Gasteiger partial charge is 0.336 e. The van der Waals surface area contributed by atoms with Gasteiger partial charge in [0.2, 0.25) is 0 Å². The van der Waals surface area contributed by atoms with Crippen molar-refractivity contribution in [1.29, 1.82) is 0 Å². The Bertz CT molecular complexity index is 448. The summed E-state index contributed by atoms with van der Waals surface area (Å²) in [6, 6.07) is 8.26. The third-order valence-electron chi connectivity index (χ3n) is 1.86. The molecule has 0 unspecified atom stereocenters. The van der Waals surface area contributed by atoms with E-state index in [-0.39, 0.29) is 5.56 Å². The van der Waals surface area contributed by atoms with Crippen molar-refractivity contribution < 1.29 is 14.4 Å². The zero-order chi connectivity index (χ0) is 9.97. The molecule has 0 bridgehead atoms. The molecule has 0 fully saturated rings. The summed E-state index contributed by atoms with van der Waals surface area (Å²) in [7, 11) is 0. The third-order valence-corrected chi connectivity index (χ3v) is 1.86. The van der Waals surface area contributed by atoms with Crippen LogP contribution in [-0.4, -0.2) is 16.2 Å². The van der Waals surface area contributed by atoms with Gasteiger partial charge in [-0.25, -0.2) is 4.79 Å². The van der Waals surface area contributed by atoms with Crippen LogP contribution in [0.4, 0.5) is 0 Å². The lowest BCUT2D eigenvalue weighted by Crippen LogP contribution is -1.98. The fraction of sp³-hybridized carbons (Fsp3) is 0. The molecule has 0 radical (unpaired) electrons. The quantitative estimate of drug-likeness (QED) is 0.785.